The van der Waals surface area contributed by atoms with E-state index in [0.717, 1.165) is 96.3 Å². The SMILES string of the molecule is CC/C=C\C/C=C\C/C=C\C/C=C\C/C=C\CCCCCC(=O)OC(COC(=O)CCCCCCCCCCCCCC/C=C\C/C=C\C/C=C\C/C=C\CC)COC(OCC[N+](C)(C)C)C(=O)[O-]. The van der Waals surface area contributed by atoms with Gasteiger partial charge < -0.3 is 33.3 Å². The van der Waals surface area contributed by atoms with Crippen LogP contribution in [0.15, 0.2) is 109 Å². The average molecular weight is 962 g/mol. The molecule has 0 aromatic rings. The molecule has 0 N–H and O–H groups in total. The van der Waals surface area contributed by atoms with E-state index in [9.17, 15) is 19.5 Å². The number of aliphatic carboxylic acids is 1. The van der Waals surface area contributed by atoms with Crippen LogP contribution in [0.5, 0.6) is 0 Å². The van der Waals surface area contributed by atoms with E-state index in [2.05, 4.69) is 123 Å². The van der Waals surface area contributed by atoms with Gasteiger partial charge in [-0.2, -0.15) is 0 Å². The van der Waals surface area contributed by atoms with Crippen LogP contribution in [0, 0.1) is 0 Å². The van der Waals surface area contributed by atoms with Crippen molar-refractivity contribution >= 4 is 17.9 Å². The molecule has 9 nitrogen and oxygen atoms in total. The fraction of sp³-hybridized carbons (Fsp3) is 0.650. The van der Waals surface area contributed by atoms with E-state index in [1.165, 1.54) is 64.2 Å². The van der Waals surface area contributed by atoms with Crippen molar-refractivity contribution in [2.75, 3.05) is 47.5 Å². The monoisotopic (exact) mass is 962 g/mol. The van der Waals surface area contributed by atoms with E-state index in [4.69, 9.17) is 18.9 Å². The number of ether oxygens (including phenoxy) is 4. The molecule has 392 valence electrons. The maximum atomic E-state index is 12.8. The third kappa shape index (κ3) is 51.6. The number of unbranched alkanes of at least 4 members (excludes halogenated alkanes) is 15. The van der Waals surface area contributed by atoms with Crippen molar-refractivity contribution < 1.29 is 42.9 Å². The molecule has 0 amide bonds. The Labute approximate surface area is 422 Å². The molecule has 0 bridgehead atoms. The summed E-state index contributed by atoms with van der Waals surface area (Å²) in [5.74, 6) is -2.34. The van der Waals surface area contributed by atoms with Crippen LogP contribution in [0.25, 0.3) is 0 Å². The Bertz CT molecular complexity index is 1490. The molecule has 0 radical (unpaired) electrons. The Kier molecular flexibility index (Phi) is 47.4. The van der Waals surface area contributed by atoms with E-state index < -0.39 is 24.3 Å². The van der Waals surface area contributed by atoms with E-state index in [1.54, 1.807) is 0 Å². The molecule has 0 saturated heterocycles. The van der Waals surface area contributed by atoms with E-state index in [1.807, 2.05) is 21.1 Å². The molecule has 0 spiro atoms. The van der Waals surface area contributed by atoms with E-state index in [0.29, 0.717) is 17.4 Å². The number of quaternary nitrogens is 1. The summed E-state index contributed by atoms with van der Waals surface area (Å²) in [5, 5.41) is 11.8. The van der Waals surface area contributed by atoms with Crippen LogP contribution in [0.4, 0.5) is 0 Å². The highest BCUT2D eigenvalue weighted by molar-refractivity contribution is 5.70. The summed E-state index contributed by atoms with van der Waals surface area (Å²) in [7, 11) is 5.90. The molecule has 0 aliphatic carbocycles. The molecule has 0 heterocycles. The Morgan fingerprint density at radius 2 is 0.783 bits per heavy atom. The number of carbonyl (C=O) groups excluding carboxylic acids is 3. The zero-order valence-corrected chi connectivity index (χ0v) is 44.4. The normalized spacial score (nSPS) is 13.7. The molecular formula is C60H99NO8. The average Bonchev–Trinajstić information content (AvgIpc) is 3.31. The molecule has 0 rings (SSSR count). The summed E-state index contributed by atoms with van der Waals surface area (Å²) in [6.07, 6.45) is 65.6. The highest BCUT2D eigenvalue weighted by Gasteiger charge is 2.21. The van der Waals surface area contributed by atoms with Gasteiger partial charge in [0.25, 0.3) is 0 Å². The molecule has 0 fully saturated rings. The minimum atomic E-state index is -1.64. The van der Waals surface area contributed by atoms with Crippen LogP contribution in [0.2, 0.25) is 0 Å². The number of esters is 2. The van der Waals surface area contributed by atoms with Crippen molar-refractivity contribution in [2.45, 2.75) is 206 Å². The van der Waals surface area contributed by atoms with Crippen LogP contribution in [-0.4, -0.2) is 82.3 Å². The fourth-order valence-corrected chi connectivity index (χ4v) is 6.91. The Hall–Kier alpha value is -4.05. The lowest BCUT2D eigenvalue weighted by molar-refractivity contribution is -0.870. The predicted octanol–water partition coefficient (Wildman–Crippen LogP) is 14.2. The van der Waals surface area contributed by atoms with E-state index >= 15 is 0 Å². The number of hydrogen-bond donors (Lipinski definition) is 0. The highest BCUT2D eigenvalue weighted by atomic mass is 16.7. The third-order valence-electron chi connectivity index (χ3n) is 11.0. The minimum absolute atomic E-state index is 0.135. The first-order valence-electron chi connectivity index (χ1n) is 27.0. The molecule has 69 heavy (non-hydrogen) atoms. The number of carbonyl (C=O) groups is 3. The standard InChI is InChI=1S/C60H99NO8/c1-6-8-10-12-14-16-18-20-22-24-26-27-28-29-30-31-33-34-36-38-40-42-44-46-48-50-57(62)67-54-56(55-68-60(59(64)65)66-53-52-61(3,4)5)69-58(63)51-49-47-45-43-41-39-37-35-32-25-23-21-19-17-15-13-11-9-7-2/h8-11,14-17,20-23,26-27,32,35,39,41,56,60H,6-7,12-13,18-19,24-25,28-31,33-34,36-38,40,42-55H2,1-5H3/b10-8-,11-9-,16-14-,17-15-,22-20-,23-21-,27-26-,35-32-,41-39-. The lowest BCUT2D eigenvalue weighted by atomic mass is 10.0. The summed E-state index contributed by atoms with van der Waals surface area (Å²) >= 11 is 0. The molecular weight excluding hydrogens is 863 g/mol. The molecule has 0 aromatic carbocycles. The maximum Gasteiger partial charge on any atom is 0.306 e. The number of allylic oxidation sites excluding steroid dienone is 18. The van der Waals surface area contributed by atoms with Gasteiger partial charge in [0, 0.05) is 12.8 Å². The molecule has 2 unspecified atom stereocenters. The molecule has 0 saturated carbocycles. The van der Waals surface area contributed by atoms with Crippen molar-refractivity contribution in [3.63, 3.8) is 0 Å². The zero-order valence-electron chi connectivity index (χ0n) is 44.4. The van der Waals surface area contributed by atoms with Gasteiger partial charge >= 0.3 is 11.9 Å². The smallest absolute Gasteiger partial charge is 0.306 e. The second-order valence-electron chi connectivity index (χ2n) is 18.8. The molecule has 2 atom stereocenters. The highest BCUT2D eigenvalue weighted by Crippen LogP contribution is 2.14. The Morgan fingerprint density at radius 1 is 0.435 bits per heavy atom. The zero-order chi connectivity index (χ0) is 50.6. The summed E-state index contributed by atoms with van der Waals surface area (Å²) in [6, 6.07) is 0. The van der Waals surface area contributed by atoms with Crippen molar-refractivity contribution in [3.8, 4) is 0 Å². The van der Waals surface area contributed by atoms with Crippen molar-refractivity contribution in [1.29, 1.82) is 0 Å². The summed E-state index contributed by atoms with van der Waals surface area (Å²) in [4.78, 5) is 37.2. The second kappa shape index (κ2) is 50.3. The number of carboxylic acid groups (broad SMARTS) is 1. The number of carboxylic acids is 1. The lowest BCUT2D eigenvalue weighted by Crippen LogP contribution is -2.44. The van der Waals surface area contributed by atoms with Gasteiger partial charge in [0.15, 0.2) is 12.4 Å². The molecule has 9 heteroatoms. The van der Waals surface area contributed by atoms with E-state index in [-0.39, 0.29) is 38.6 Å². The van der Waals surface area contributed by atoms with Gasteiger partial charge in [-0.25, -0.2) is 0 Å². The lowest BCUT2D eigenvalue weighted by Gasteiger charge is -2.26. The number of hydrogen-bond acceptors (Lipinski definition) is 8. The second-order valence-corrected chi connectivity index (χ2v) is 18.8. The fourth-order valence-electron chi connectivity index (χ4n) is 6.91. The summed E-state index contributed by atoms with van der Waals surface area (Å²) < 4.78 is 22.6. The first-order chi connectivity index (χ1) is 33.6. The van der Waals surface area contributed by atoms with Gasteiger partial charge in [-0.15, -0.1) is 0 Å². The predicted molar refractivity (Wildman–Crippen MR) is 287 cm³/mol. The molecule has 0 aliphatic rings. The van der Waals surface area contributed by atoms with Crippen molar-refractivity contribution in [2.24, 2.45) is 0 Å². The maximum absolute atomic E-state index is 12.8. The number of rotatable bonds is 48. The van der Waals surface area contributed by atoms with Gasteiger partial charge in [-0.3, -0.25) is 9.59 Å². The van der Waals surface area contributed by atoms with Gasteiger partial charge in [0.2, 0.25) is 0 Å². The van der Waals surface area contributed by atoms with Crippen LogP contribution >= 0.6 is 0 Å². The first-order valence-corrected chi connectivity index (χ1v) is 27.0. The van der Waals surface area contributed by atoms with Crippen LogP contribution in [-0.2, 0) is 33.3 Å². The molecule has 0 aliphatic heterocycles. The number of nitrogens with zero attached hydrogens (tertiary/aromatic N) is 1. The van der Waals surface area contributed by atoms with Gasteiger partial charge in [-0.1, -0.05) is 194 Å². The number of likely N-dealkylation sites (N-methyl/N-ethyl adjacent to an activating group) is 1. The molecule has 0 aromatic heterocycles. The summed E-state index contributed by atoms with van der Waals surface area (Å²) in [6.45, 7) is 4.46. The minimum Gasteiger partial charge on any atom is -0.545 e. The summed E-state index contributed by atoms with van der Waals surface area (Å²) in [5.41, 5.74) is 0. The largest absolute Gasteiger partial charge is 0.545 e. The van der Waals surface area contributed by atoms with Crippen LogP contribution < -0.4 is 5.11 Å². The van der Waals surface area contributed by atoms with Crippen molar-refractivity contribution in [1.82, 2.24) is 0 Å². The van der Waals surface area contributed by atoms with Crippen LogP contribution in [0.3, 0.4) is 0 Å². The topological polar surface area (TPSA) is 111 Å². The Balaban J connectivity index is 4.35. The van der Waals surface area contributed by atoms with Gasteiger partial charge in [-0.05, 0) is 96.3 Å². The van der Waals surface area contributed by atoms with Crippen LogP contribution in [0.1, 0.15) is 194 Å². The quantitative estimate of drug-likeness (QED) is 0.0195. The van der Waals surface area contributed by atoms with Gasteiger partial charge in [0.05, 0.1) is 40.3 Å². The first kappa shape index (κ1) is 65.0. The Morgan fingerprint density at radius 3 is 1.17 bits per heavy atom. The third-order valence-corrected chi connectivity index (χ3v) is 11.0. The van der Waals surface area contributed by atoms with Crippen molar-refractivity contribution in [3.05, 3.63) is 109 Å². The van der Waals surface area contributed by atoms with Gasteiger partial charge in [0.1, 0.15) is 13.2 Å².